The Balaban J connectivity index is 2.21. The van der Waals surface area contributed by atoms with E-state index in [0.717, 1.165) is 0 Å². The highest BCUT2D eigenvalue weighted by Crippen LogP contribution is 2.48. The molecule has 3 rings (SSSR count). The van der Waals surface area contributed by atoms with Crippen molar-refractivity contribution in [2.24, 2.45) is 5.73 Å². The Kier molecular flexibility index (Phi) is 9.27. The van der Waals surface area contributed by atoms with Gasteiger partial charge in [0.1, 0.15) is 24.1 Å². The maximum atomic E-state index is 14.0. The molecular formula is C25H32N2O10. The van der Waals surface area contributed by atoms with Gasteiger partial charge in [0, 0.05) is 38.0 Å². The summed E-state index contributed by atoms with van der Waals surface area (Å²) in [5, 5.41) is 11.0. The molecule has 0 radical (unpaired) electrons. The van der Waals surface area contributed by atoms with Gasteiger partial charge in [0.2, 0.25) is 11.4 Å². The number of nitrogens with zero attached hydrogens (tertiary/aromatic N) is 1. The van der Waals surface area contributed by atoms with Crippen LogP contribution in [0.3, 0.4) is 0 Å². The third-order valence-corrected chi connectivity index (χ3v) is 6.06. The molecule has 2 aromatic rings. The molecule has 1 saturated heterocycles. The Bertz CT molecular complexity index is 1070. The number of non-ortho nitro benzene ring substituents is 1. The maximum absolute atomic E-state index is 14.0. The summed E-state index contributed by atoms with van der Waals surface area (Å²) in [6.45, 7) is 2.25. The minimum absolute atomic E-state index is 0.0292. The number of carbonyl (C=O) groups excluding carboxylic acids is 1. The molecule has 0 aromatic heterocycles. The van der Waals surface area contributed by atoms with Crippen molar-refractivity contribution >= 4 is 11.7 Å². The normalized spacial score (nSPS) is 22.9. The second-order valence-corrected chi connectivity index (χ2v) is 8.17. The van der Waals surface area contributed by atoms with Crippen LogP contribution in [0.4, 0.5) is 5.69 Å². The van der Waals surface area contributed by atoms with Gasteiger partial charge in [0.25, 0.3) is 5.69 Å². The number of ether oxygens (including phenoxy) is 7. The van der Waals surface area contributed by atoms with Crippen molar-refractivity contribution in [1.82, 2.24) is 0 Å². The smallest absolute Gasteiger partial charge is 0.351 e. The van der Waals surface area contributed by atoms with E-state index in [2.05, 4.69) is 0 Å². The highest BCUT2D eigenvalue weighted by atomic mass is 16.6. The van der Waals surface area contributed by atoms with Crippen LogP contribution in [0.25, 0.3) is 0 Å². The number of benzene rings is 2. The third-order valence-electron chi connectivity index (χ3n) is 6.06. The first kappa shape index (κ1) is 28.1. The standard InChI is InChI=1S/C25H32N2O10/c1-6-11-35-23-22(34-5)20(14-26)37-25(23,15-12-18(31-2)21(33-4)19(13-15)32-3)24(28)36-17-9-7-16(8-10-17)27(29)30/h7-10,12-13,20,22-23H,6,11,14,26H2,1-5H3. The van der Waals surface area contributed by atoms with Crippen molar-refractivity contribution < 1.29 is 42.9 Å². The molecule has 0 bridgehead atoms. The van der Waals surface area contributed by atoms with Gasteiger partial charge >= 0.3 is 5.97 Å². The zero-order valence-corrected chi connectivity index (χ0v) is 21.4. The van der Waals surface area contributed by atoms with Gasteiger partial charge in [-0.3, -0.25) is 10.1 Å². The van der Waals surface area contributed by atoms with Gasteiger partial charge in [-0.05, 0) is 30.7 Å². The lowest BCUT2D eigenvalue weighted by Crippen LogP contribution is -2.51. The molecule has 1 heterocycles. The first-order valence-corrected chi connectivity index (χ1v) is 11.6. The molecule has 2 aromatic carbocycles. The minimum Gasteiger partial charge on any atom is -0.493 e. The van der Waals surface area contributed by atoms with Crippen LogP contribution < -0.4 is 24.7 Å². The van der Waals surface area contributed by atoms with E-state index >= 15 is 0 Å². The molecule has 2 N–H and O–H groups in total. The molecule has 0 spiro atoms. The second-order valence-electron chi connectivity index (χ2n) is 8.17. The second kappa shape index (κ2) is 12.2. The van der Waals surface area contributed by atoms with Gasteiger partial charge in [-0.1, -0.05) is 6.92 Å². The molecule has 0 saturated carbocycles. The molecule has 4 unspecified atom stereocenters. The monoisotopic (exact) mass is 520 g/mol. The number of carbonyl (C=O) groups is 1. The molecule has 0 aliphatic carbocycles. The summed E-state index contributed by atoms with van der Waals surface area (Å²) >= 11 is 0. The van der Waals surface area contributed by atoms with E-state index in [4.69, 9.17) is 38.9 Å². The fraction of sp³-hybridized carbons (Fsp3) is 0.480. The Labute approximate surface area is 214 Å². The molecule has 1 aliphatic heterocycles. The minimum atomic E-state index is -1.87. The summed E-state index contributed by atoms with van der Waals surface area (Å²) < 4.78 is 40.4. The number of methoxy groups -OCH3 is 4. The van der Waals surface area contributed by atoms with E-state index in [9.17, 15) is 14.9 Å². The average Bonchev–Trinajstić information content (AvgIpc) is 3.25. The first-order chi connectivity index (χ1) is 17.8. The Hall–Kier alpha value is -3.45. The number of nitrogens with two attached hydrogens (primary N) is 1. The molecule has 4 atom stereocenters. The quantitative estimate of drug-likeness (QED) is 0.190. The maximum Gasteiger partial charge on any atom is 0.351 e. The Morgan fingerprint density at radius 2 is 1.70 bits per heavy atom. The van der Waals surface area contributed by atoms with Crippen molar-refractivity contribution in [1.29, 1.82) is 0 Å². The van der Waals surface area contributed by atoms with Crippen LogP contribution in [-0.4, -0.2) is 70.8 Å². The molecule has 37 heavy (non-hydrogen) atoms. The third kappa shape index (κ3) is 5.32. The summed E-state index contributed by atoms with van der Waals surface area (Å²) in [6, 6.07) is 8.26. The fourth-order valence-corrected chi connectivity index (χ4v) is 4.34. The van der Waals surface area contributed by atoms with Gasteiger partial charge < -0.3 is 38.9 Å². The number of hydrogen-bond acceptors (Lipinski definition) is 11. The fourth-order valence-electron chi connectivity index (χ4n) is 4.34. The molecule has 202 valence electrons. The van der Waals surface area contributed by atoms with Crippen LogP contribution in [-0.2, 0) is 24.6 Å². The number of nitro benzene ring substituents is 1. The Morgan fingerprint density at radius 3 is 2.16 bits per heavy atom. The van der Waals surface area contributed by atoms with E-state index < -0.39 is 34.8 Å². The summed E-state index contributed by atoms with van der Waals surface area (Å²) in [7, 11) is 5.84. The summed E-state index contributed by atoms with van der Waals surface area (Å²) in [5.41, 5.74) is 4.28. The number of esters is 1. The molecule has 12 heteroatoms. The van der Waals surface area contributed by atoms with E-state index in [0.29, 0.717) is 24.3 Å². The molecule has 1 aliphatic rings. The van der Waals surface area contributed by atoms with Crippen LogP contribution in [0.1, 0.15) is 18.9 Å². The number of rotatable bonds is 12. The largest absolute Gasteiger partial charge is 0.493 e. The topological polar surface area (TPSA) is 151 Å². The number of hydrogen-bond donors (Lipinski definition) is 1. The summed E-state index contributed by atoms with van der Waals surface area (Å²) in [6.07, 6.45) is -1.77. The first-order valence-electron chi connectivity index (χ1n) is 11.6. The summed E-state index contributed by atoms with van der Waals surface area (Å²) in [4.78, 5) is 24.5. The number of nitro groups is 1. The van der Waals surface area contributed by atoms with Gasteiger partial charge in [-0.15, -0.1) is 0 Å². The molecular weight excluding hydrogens is 488 g/mol. The lowest BCUT2D eigenvalue weighted by atomic mass is 9.86. The highest BCUT2D eigenvalue weighted by molar-refractivity contribution is 5.86. The van der Waals surface area contributed by atoms with Crippen molar-refractivity contribution in [3.8, 4) is 23.0 Å². The average molecular weight is 521 g/mol. The lowest BCUT2D eigenvalue weighted by molar-refractivity contribution is -0.384. The highest BCUT2D eigenvalue weighted by Gasteiger charge is 2.63. The molecule has 1 fully saturated rings. The Morgan fingerprint density at radius 1 is 1.08 bits per heavy atom. The van der Waals surface area contributed by atoms with Crippen LogP contribution >= 0.6 is 0 Å². The van der Waals surface area contributed by atoms with Crippen LogP contribution in [0.5, 0.6) is 23.0 Å². The summed E-state index contributed by atoms with van der Waals surface area (Å²) in [5.74, 6) is 0.111. The van der Waals surface area contributed by atoms with E-state index in [1.807, 2.05) is 6.92 Å². The van der Waals surface area contributed by atoms with Crippen molar-refractivity contribution in [3.63, 3.8) is 0 Å². The van der Waals surface area contributed by atoms with Gasteiger partial charge in [-0.2, -0.15) is 0 Å². The van der Waals surface area contributed by atoms with Crippen molar-refractivity contribution in [2.45, 2.75) is 37.3 Å². The van der Waals surface area contributed by atoms with Crippen molar-refractivity contribution in [3.05, 3.63) is 52.1 Å². The predicted molar refractivity (Wildman–Crippen MR) is 131 cm³/mol. The van der Waals surface area contributed by atoms with Crippen LogP contribution in [0.15, 0.2) is 36.4 Å². The van der Waals surface area contributed by atoms with Crippen molar-refractivity contribution in [2.75, 3.05) is 41.6 Å². The van der Waals surface area contributed by atoms with E-state index in [1.165, 1.54) is 52.7 Å². The molecule has 12 nitrogen and oxygen atoms in total. The predicted octanol–water partition coefficient (Wildman–Crippen LogP) is 2.59. The van der Waals surface area contributed by atoms with Crippen LogP contribution in [0.2, 0.25) is 0 Å². The van der Waals surface area contributed by atoms with E-state index in [1.54, 1.807) is 12.1 Å². The van der Waals surface area contributed by atoms with Gasteiger partial charge in [-0.25, -0.2) is 4.79 Å². The zero-order chi connectivity index (χ0) is 27.2. The van der Waals surface area contributed by atoms with Gasteiger partial charge in [0.15, 0.2) is 11.5 Å². The van der Waals surface area contributed by atoms with Gasteiger partial charge in [0.05, 0.1) is 26.3 Å². The van der Waals surface area contributed by atoms with E-state index in [-0.39, 0.29) is 29.5 Å². The van der Waals surface area contributed by atoms with Crippen LogP contribution in [0, 0.1) is 10.1 Å². The molecule has 0 amide bonds. The lowest BCUT2D eigenvalue weighted by Gasteiger charge is -2.34. The SMILES string of the molecule is CCCOC1C(OC)C(CN)OC1(C(=O)Oc1ccc([N+](=O)[O-])cc1)c1cc(OC)c(OC)c(OC)c1. The zero-order valence-electron chi connectivity index (χ0n) is 21.4.